The quantitative estimate of drug-likeness (QED) is 0.155. The number of nitrogen functional groups attached to an aromatic ring is 1. The van der Waals surface area contributed by atoms with Gasteiger partial charge in [0.15, 0.2) is 0 Å². The lowest BCUT2D eigenvalue weighted by Gasteiger charge is -2.06. The number of nitriles is 2. The first kappa shape index (κ1) is 92.1. The Bertz CT molecular complexity index is 4250. The van der Waals surface area contributed by atoms with E-state index in [1.807, 2.05) is 178 Å². The number of hydrogen-bond donors (Lipinski definition) is 2. The summed E-state index contributed by atoms with van der Waals surface area (Å²) in [6.07, 6.45) is 19.2. The lowest BCUT2D eigenvalue weighted by atomic mass is 10.2. The molecule has 0 radical (unpaired) electrons. The van der Waals surface area contributed by atoms with Gasteiger partial charge in [0, 0.05) is 127 Å². The summed E-state index contributed by atoms with van der Waals surface area (Å²) in [6.45, 7) is 30.1. The first-order chi connectivity index (χ1) is 50.9. The Labute approximate surface area is 627 Å². The van der Waals surface area contributed by atoms with E-state index in [2.05, 4.69) is 99.6 Å². The van der Waals surface area contributed by atoms with Crippen LogP contribution < -0.4 is 30.2 Å². The van der Waals surface area contributed by atoms with Crippen LogP contribution in [0.15, 0.2) is 225 Å². The number of esters is 1. The second kappa shape index (κ2) is 52.9. The summed E-state index contributed by atoms with van der Waals surface area (Å²) in [5, 5.41) is 16.8. The molecule has 12 aromatic heterocycles. The highest BCUT2D eigenvalue weighted by molar-refractivity contribution is 5.69. The van der Waals surface area contributed by atoms with Crippen LogP contribution in [0.1, 0.15) is 108 Å². The second-order valence-electron chi connectivity index (χ2n) is 22.5. The van der Waals surface area contributed by atoms with Crippen LogP contribution in [0.5, 0.6) is 23.3 Å². The summed E-state index contributed by atoms with van der Waals surface area (Å²) >= 11 is 0. The smallest absolute Gasteiger partial charge is 0.433 e. The highest BCUT2D eigenvalue weighted by Gasteiger charge is 2.33. The number of pyridine rings is 12. The van der Waals surface area contributed by atoms with Crippen molar-refractivity contribution in [1.29, 1.82) is 10.5 Å². The molecule has 560 valence electrons. The molecule has 0 aliphatic rings. The van der Waals surface area contributed by atoms with Crippen molar-refractivity contribution in [1.82, 2.24) is 59.8 Å². The number of aryl methyl sites for hydroxylation is 15. The first-order valence-corrected chi connectivity index (χ1v) is 33.0. The van der Waals surface area contributed by atoms with Crippen molar-refractivity contribution in [2.75, 3.05) is 27.1 Å². The van der Waals surface area contributed by atoms with Gasteiger partial charge in [0.25, 0.3) is 5.56 Å². The van der Waals surface area contributed by atoms with Gasteiger partial charge in [0.05, 0.1) is 38.3 Å². The summed E-state index contributed by atoms with van der Waals surface area (Å²) in [6, 6.07) is 44.5. The average Bonchev–Trinajstić information content (AvgIpc) is 0.847. The highest BCUT2D eigenvalue weighted by atomic mass is 19.4. The third-order valence-corrected chi connectivity index (χ3v) is 14.2. The molecule has 0 atom stereocenters. The van der Waals surface area contributed by atoms with Crippen molar-refractivity contribution in [3.63, 3.8) is 0 Å². The molecule has 0 amide bonds. The molecule has 12 aromatic rings. The number of anilines is 1. The molecule has 21 nitrogen and oxygen atoms in total. The van der Waals surface area contributed by atoms with E-state index in [-0.39, 0.29) is 17.1 Å². The second-order valence-corrected chi connectivity index (χ2v) is 22.5. The molecule has 0 aromatic carbocycles. The van der Waals surface area contributed by atoms with Crippen LogP contribution in [0.4, 0.5) is 19.0 Å². The molecule has 0 bridgehead atoms. The summed E-state index contributed by atoms with van der Waals surface area (Å²) < 4.78 is 55.7. The van der Waals surface area contributed by atoms with Gasteiger partial charge < -0.3 is 29.7 Å². The van der Waals surface area contributed by atoms with Gasteiger partial charge in [-0.15, -0.1) is 0 Å². The topological polar surface area (TPSA) is 302 Å². The van der Waals surface area contributed by atoms with E-state index in [4.69, 9.17) is 35.2 Å². The van der Waals surface area contributed by atoms with Gasteiger partial charge in [0.2, 0.25) is 11.8 Å². The van der Waals surface area contributed by atoms with Crippen LogP contribution >= 0.6 is 0 Å². The Kier molecular flexibility index (Phi) is 45.5. The van der Waals surface area contributed by atoms with Crippen LogP contribution in [-0.4, -0.2) is 87.1 Å². The molecule has 24 heteroatoms. The van der Waals surface area contributed by atoms with Crippen molar-refractivity contribution in [2.45, 2.75) is 117 Å². The Morgan fingerprint density at radius 2 is 0.832 bits per heavy atom. The molecule has 0 aliphatic carbocycles. The van der Waals surface area contributed by atoms with Gasteiger partial charge in [-0.05, 0) is 228 Å². The van der Waals surface area contributed by atoms with Gasteiger partial charge in [-0.2, -0.15) is 23.7 Å². The first-order valence-electron chi connectivity index (χ1n) is 33.0. The summed E-state index contributed by atoms with van der Waals surface area (Å²) in [5.41, 5.74) is 20.7. The van der Waals surface area contributed by atoms with Crippen LogP contribution in [-0.2, 0) is 11.0 Å². The number of ether oxygens (including phenoxy) is 4. The molecular formula is C83H96F3N15O6. The Hall–Kier alpha value is -13.0. The SMILES string of the molecule is CC(=O)Oc1ncccc1C.COc1cccnc1C.COc1ccncc1C.COc1ncccc1C.Cc1ccc[nH]c1=O.Cc1cccnc1C.Cc1cccnc1C.Cc1cccnc1C#N.Cc1cccnc1C(F)(F)F.Cc1cccnc1N.Cc1ccncc1C.Cc1ncccc1C#N. The number of aromatic nitrogens is 12. The predicted octanol–water partition coefficient (Wildman–Crippen LogP) is 17.2. The fourth-order valence-corrected chi connectivity index (χ4v) is 7.44. The standard InChI is InChI=1S/C8H9NO2.C7H6F3N.2C7H6N2.3C7H9NO.3C7H9N.C6H8N2.C6H7NO/c1-6-4-3-5-9-8(6)11-7(2)10;1-5-3-2-4-11-6(5)7(8,9)10;1-6-7(5-8)3-2-4-9-6;1-6-3-2-4-9-7(6)5-8;1-6-5-8-4-3-7(6)9-2;1-6-7(9-2)4-3-5-8-6;1-6-4-3-5-8-7(6)9-2;1-6-3-4-8-5-7(6)2;2*1-6-4-3-5-8-7(6)2;1-5-3-2-4-8-6(5)7;1-5-3-2-4-7-6(5)8/h3-5H,1-2H3;2-4H,1H3;2*2-4H,1H3;3*3-5H,1-2H3;3*3-5H,1-2H3;2-4H,1H3,(H2,7,8);2-4H,1H3,(H,7,8). The molecular weight excluding hydrogens is 1360 g/mol. The molecule has 0 saturated heterocycles. The van der Waals surface area contributed by atoms with E-state index >= 15 is 0 Å². The maximum atomic E-state index is 12.0. The monoisotopic (exact) mass is 1460 g/mol. The average molecular weight is 1460 g/mol. The number of hydrogen-bond acceptors (Lipinski definition) is 20. The third kappa shape index (κ3) is 39.9. The van der Waals surface area contributed by atoms with Gasteiger partial charge >= 0.3 is 12.1 Å². The maximum Gasteiger partial charge on any atom is 0.433 e. The minimum atomic E-state index is -4.33. The predicted molar refractivity (Wildman–Crippen MR) is 415 cm³/mol. The minimum absolute atomic E-state index is 0.00694. The minimum Gasteiger partial charge on any atom is -0.496 e. The zero-order chi connectivity index (χ0) is 80.1. The number of H-pyrrole nitrogens is 1. The van der Waals surface area contributed by atoms with Gasteiger partial charge in [-0.1, -0.05) is 48.5 Å². The molecule has 12 heterocycles. The van der Waals surface area contributed by atoms with Crippen molar-refractivity contribution in [2.24, 2.45) is 0 Å². The normalized spacial score (nSPS) is 9.31. The van der Waals surface area contributed by atoms with Crippen molar-refractivity contribution >= 4 is 11.8 Å². The lowest BCUT2D eigenvalue weighted by molar-refractivity contribution is -0.141. The van der Waals surface area contributed by atoms with Crippen LogP contribution in [0.25, 0.3) is 0 Å². The zero-order valence-corrected chi connectivity index (χ0v) is 64.3. The molecule has 0 fully saturated rings. The summed E-state index contributed by atoms with van der Waals surface area (Å²) in [4.78, 5) is 66.3. The molecule has 0 unspecified atom stereocenters. The third-order valence-electron chi connectivity index (χ3n) is 14.2. The molecule has 3 N–H and O–H groups in total. The van der Waals surface area contributed by atoms with Gasteiger partial charge in [0.1, 0.15) is 40.8 Å². The maximum absolute atomic E-state index is 12.0. The Morgan fingerprint density at radius 3 is 1.13 bits per heavy atom. The molecule has 12 rings (SSSR count). The number of carbonyl (C=O) groups is 1. The Morgan fingerprint density at radius 1 is 0.402 bits per heavy atom. The van der Waals surface area contributed by atoms with Crippen molar-refractivity contribution in [3.05, 3.63) is 331 Å². The molecule has 0 saturated carbocycles. The van der Waals surface area contributed by atoms with E-state index < -0.39 is 11.9 Å². The van der Waals surface area contributed by atoms with E-state index in [9.17, 15) is 22.8 Å². The number of alkyl halides is 3. The van der Waals surface area contributed by atoms with Gasteiger partial charge in [-0.25, -0.2) is 19.9 Å². The number of aromatic amines is 1. The number of halogens is 3. The van der Waals surface area contributed by atoms with Crippen molar-refractivity contribution < 1.29 is 36.9 Å². The number of carbonyl (C=O) groups excluding carboxylic acids is 1. The van der Waals surface area contributed by atoms with Crippen LogP contribution in [0.3, 0.4) is 0 Å². The van der Waals surface area contributed by atoms with Crippen molar-refractivity contribution in [3.8, 4) is 35.4 Å². The van der Waals surface area contributed by atoms with E-state index in [1.54, 1.807) is 114 Å². The largest absolute Gasteiger partial charge is 0.496 e. The van der Waals surface area contributed by atoms with Crippen LogP contribution in [0, 0.1) is 127 Å². The highest BCUT2D eigenvalue weighted by Crippen LogP contribution is 2.29. The zero-order valence-electron chi connectivity index (χ0n) is 64.3. The fraction of sp³-hybridized carbons (Fsp3) is 0.241. The number of nitrogens with one attached hydrogen (secondary N) is 1. The van der Waals surface area contributed by atoms with E-state index in [0.29, 0.717) is 28.8 Å². The summed E-state index contributed by atoms with van der Waals surface area (Å²) in [5.74, 6) is 3.11. The van der Waals surface area contributed by atoms with E-state index in [0.717, 1.165) is 73.9 Å². The number of nitrogens with two attached hydrogens (primary N) is 1. The number of methoxy groups -OCH3 is 3. The molecule has 0 aliphatic heterocycles. The van der Waals surface area contributed by atoms with E-state index in [1.165, 1.54) is 48.2 Å². The fourth-order valence-electron chi connectivity index (χ4n) is 7.44. The summed E-state index contributed by atoms with van der Waals surface area (Å²) in [7, 11) is 4.92. The molecule has 107 heavy (non-hydrogen) atoms. The van der Waals surface area contributed by atoms with Crippen LogP contribution in [0.2, 0.25) is 0 Å². The Balaban J connectivity index is 0.000000584. The lowest BCUT2D eigenvalue weighted by Crippen LogP contribution is -2.09. The number of nitrogens with zero attached hydrogens (tertiary/aromatic N) is 13. The van der Waals surface area contributed by atoms with Gasteiger partial charge in [-0.3, -0.25) is 44.5 Å². The molecule has 0 spiro atoms. The number of rotatable bonds is 4.